The zero-order valence-corrected chi connectivity index (χ0v) is 17.2. The lowest BCUT2D eigenvalue weighted by molar-refractivity contribution is -0.129. The highest BCUT2D eigenvalue weighted by molar-refractivity contribution is 7.16. The quantitative estimate of drug-likeness (QED) is 0.713. The Morgan fingerprint density at radius 2 is 1.71 bits per heavy atom. The SMILES string of the molecule is CC(=O)Nc1sc(C)c(C)c1C(=O)O[C@H](C)C(=O)N[C@@H](C)c1ccc(F)cc1. The van der Waals surface area contributed by atoms with Crippen molar-refractivity contribution in [3.8, 4) is 0 Å². The van der Waals surface area contributed by atoms with E-state index in [1.807, 2.05) is 6.92 Å². The second-order valence-corrected chi connectivity index (χ2v) is 7.72. The number of aryl methyl sites for hydroxylation is 1. The summed E-state index contributed by atoms with van der Waals surface area (Å²) in [4.78, 5) is 37.2. The topological polar surface area (TPSA) is 84.5 Å². The minimum absolute atomic E-state index is 0.254. The molecule has 6 nitrogen and oxygen atoms in total. The summed E-state index contributed by atoms with van der Waals surface area (Å²) in [6, 6.07) is 5.40. The molecule has 0 aliphatic rings. The molecule has 2 N–H and O–H groups in total. The third kappa shape index (κ3) is 5.16. The first-order valence-corrected chi connectivity index (χ1v) is 9.56. The predicted octanol–water partition coefficient (Wildman–Crippen LogP) is 3.89. The third-order valence-electron chi connectivity index (χ3n) is 4.26. The zero-order valence-electron chi connectivity index (χ0n) is 16.4. The summed E-state index contributed by atoms with van der Waals surface area (Å²) in [5.74, 6) is -1.81. The molecule has 0 aliphatic heterocycles. The number of thiophene rings is 1. The van der Waals surface area contributed by atoms with Crippen LogP contribution in [0.1, 0.15) is 53.2 Å². The fourth-order valence-corrected chi connectivity index (χ4v) is 3.65. The Kier molecular flexibility index (Phi) is 6.90. The number of hydrogen-bond acceptors (Lipinski definition) is 5. The monoisotopic (exact) mass is 406 g/mol. The number of amides is 2. The van der Waals surface area contributed by atoms with Crippen LogP contribution in [-0.4, -0.2) is 23.9 Å². The molecule has 2 atom stereocenters. The summed E-state index contributed by atoms with van der Waals surface area (Å²) in [7, 11) is 0. The molecule has 1 aromatic carbocycles. The smallest absolute Gasteiger partial charge is 0.342 e. The number of rotatable bonds is 6. The van der Waals surface area contributed by atoms with Crippen LogP contribution in [0.5, 0.6) is 0 Å². The summed E-state index contributed by atoms with van der Waals surface area (Å²) in [6.45, 7) is 8.17. The fourth-order valence-electron chi connectivity index (χ4n) is 2.56. The molecular weight excluding hydrogens is 383 g/mol. The molecule has 2 aromatic rings. The lowest BCUT2D eigenvalue weighted by Gasteiger charge is -2.18. The number of halogens is 1. The van der Waals surface area contributed by atoms with Crippen LogP contribution in [0.25, 0.3) is 0 Å². The van der Waals surface area contributed by atoms with Gasteiger partial charge in [0.05, 0.1) is 11.6 Å². The van der Waals surface area contributed by atoms with Crippen LogP contribution in [0.4, 0.5) is 9.39 Å². The van der Waals surface area contributed by atoms with Crippen LogP contribution >= 0.6 is 11.3 Å². The molecule has 0 aliphatic carbocycles. The van der Waals surface area contributed by atoms with Crippen molar-refractivity contribution >= 4 is 34.1 Å². The highest BCUT2D eigenvalue weighted by Crippen LogP contribution is 2.33. The number of carbonyl (C=O) groups excluding carboxylic acids is 3. The average Bonchev–Trinajstić information content (AvgIpc) is 2.88. The molecule has 150 valence electrons. The average molecular weight is 406 g/mol. The van der Waals surface area contributed by atoms with Crippen molar-refractivity contribution < 1.29 is 23.5 Å². The van der Waals surface area contributed by atoms with Crippen molar-refractivity contribution in [2.75, 3.05) is 5.32 Å². The summed E-state index contributed by atoms with van der Waals surface area (Å²) in [5.41, 5.74) is 1.68. The molecule has 1 aromatic heterocycles. The molecular formula is C20H23FN2O4S. The first-order valence-electron chi connectivity index (χ1n) is 8.74. The van der Waals surface area contributed by atoms with Gasteiger partial charge in [-0.05, 0) is 51.0 Å². The second-order valence-electron chi connectivity index (χ2n) is 6.50. The van der Waals surface area contributed by atoms with Gasteiger partial charge in [-0.2, -0.15) is 0 Å². The van der Waals surface area contributed by atoms with E-state index >= 15 is 0 Å². The van der Waals surface area contributed by atoms with Crippen molar-refractivity contribution in [3.05, 3.63) is 51.7 Å². The Bertz CT molecular complexity index is 892. The van der Waals surface area contributed by atoms with Crippen molar-refractivity contribution in [1.29, 1.82) is 0 Å². The van der Waals surface area contributed by atoms with Gasteiger partial charge in [0.25, 0.3) is 5.91 Å². The first-order chi connectivity index (χ1) is 13.1. The van der Waals surface area contributed by atoms with Crippen LogP contribution < -0.4 is 10.6 Å². The minimum atomic E-state index is -1.04. The van der Waals surface area contributed by atoms with E-state index in [0.29, 0.717) is 10.6 Å². The van der Waals surface area contributed by atoms with Gasteiger partial charge in [-0.15, -0.1) is 11.3 Å². The summed E-state index contributed by atoms with van der Waals surface area (Å²) in [5, 5.41) is 5.76. The third-order valence-corrected chi connectivity index (χ3v) is 5.38. The Morgan fingerprint density at radius 1 is 1.11 bits per heavy atom. The molecule has 0 bridgehead atoms. The van der Waals surface area contributed by atoms with E-state index in [-0.39, 0.29) is 23.3 Å². The van der Waals surface area contributed by atoms with Crippen molar-refractivity contribution in [1.82, 2.24) is 5.32 Å². The van der Waals surface area contributed by atoms with Crippen molar-refractivity contribution in [2.24, 2.45) is 0 Å². The molecule has 0 saturated carbocycles. The van der Waals surface area contributed by atoms with E-state index in [2.05, 4.69) is 10.6 Å². The molecule has 28 heavy (non-hydrogen) atoms. The maximum Gasteiger partial charge on any atom is 0.342 e. The van der Waals surface area contributed by atoms with E-state index in [9.17, 15) is 18.8 Å². The van der Waals surface area contributed by atoms with E-state index in [4.69, 9.17) is 4.74 Å². The van der Waals surface area contributed by atoms with E-state index in [1.165, 1.54) is 37.3 Å². The fraction of sp³-hybridized carbons (Fsp3) is 0.350. The van der Waals surface area contributed by atoms with Gasteiger partial charge in [-0.25, -0.2) is 9.18 Å². The largest absolute Gasteiger partial charge is 0.449 e. The maximum atomic E-state index is 13.0. The number of hydrogen-bond donors (Lipinski definition) is 2. The molecule has 0 spiro atoms. The van der Waals surface area contributed by atoms with Gasteiger partial charge < -0.3 is 15.4 Å². The van der Waals surface area contributed by atoms with Crippen molar-refractivity contribution in [2.45, 2.75) is 46.8 Å². The highest BCUT2D eigenvalue weighted by Gasteiger charge is 2.26. The highest BCUT2D eigenvalue weighted by atomic mass is 32.1. The normalized spacial score (nSPS) is 12.8. The number of benzene rings is 1. The Labute approximate surface area is 167 Å². The van der Waals surface area contributed by atoms with Crippen LogP contribution in [0.15, 0.2) is 24.3 Å². The Hall–Kier alpha value is -2.74. The molecule has 0 radical (unpaired) electrons. The predicted molar refractivity (Wildman–Crippen MR) is 106 cm³/mol. The van der Waals surface area contributed by atoms with Gasteiger partial charge in [0.2, 0.25) is 5.91 Å². The Balaban J connectivity index is 2.06. The number of esters is 1. The van der Waals surface area contributed by atoms with Gasteiger partial charge in [-0.1, -0.05) is 12.1 Å². The molecule has 2 rings (SSSR count). The Morgan fingerprint density at radius 3 is 2.29 bits per heavy atom. The first kappa shape index (κ1) is 21.6. The standard InChI is InChI=1S/C20H23FN2O4S/c1-10-13(4)28-19(23-14(5)24)17(10)20(26)27-12(3)18(25)22-11(2)15-6-8-16(21)9-7-15/h6-9,11-12H,1-5H3,(H,22,25)(H,23,24)/t11-,12+/m0/s1. The van der Waals surface area contributed by atoms with Gasteiger partial charge in [-0.3, -0.25) is 9.59 Å². The maximum absolute atomic E-state index is 13.0. The molecule has 0 unspecified atom stereocenters. The summed E-state index contributed by atoms with van der Waals surface area (Å²) < 4.78 is 18.3. The second kappa shape index (κ2) is 8.97. The zero-order chi connectivity index (χ0) is 21.0. The van der Waals surface area contributed by atoms with Crippen LogP contribution in [0.3, 0.4) is 0 Å². The van der Waals surface area contributed by atoms with Gasteiger partial charge in [0, 0.05) is 11.8 Å². The van der Waals surface area contributed by atoms with Gasteiger partial charge in [0.1, 0.15) is 10.8 Å². The molecule has 8 heteroatoms. The summed E-state index contributed by atoms with van der Waals surface area (Å²) >= 11 is 1.28. The molecule has 1 heterocycles. The lowest BCUT2D eigenvalue weighted by atomic mass is 10.1. The van der Waals surface area contributed by atoms with Gasteiger partial charge >= 0.3 is 5.97 Å². The molecule has 2 amide bonds. The summed E-state index contributed by atoms with van der Waals surface area (Å²) in [6.07, 6.45) is -1.04. The van der Waals surface area contributed by atoms with E-state index in [0.717, 1.165) is 10.4 Å². The number of carbonyl (C=O) groups is 3. The lowest BCUT2D eigenvalue weighted by Crippen LogP contribution is -2.37. The van der Waals surface area contributed by atoms with Crippen molar-refractivity contribution in [3.63, 3.8) is 0 Å². The van der Waals surface area contributed by atoms with E-state index < -0.39 is 18.0 Å². The van der Waals surface area contributed by atoms with Crippen LogP contribution in [-0.2, 0) is 14.3 Å². The molecule has 0 fully saturated rings. The number of anilines is 1. The van der Waals surface area contributed by atoms with Gasteiger partial charge in [0.15, 0.2) is 6.10 Å². The number of ether oxygens (including phenoxy) is 1. The number of nitrogens with one attached hydrogen (secondary N) is 2. The van der Waals surface area contributed by atoms with E-state index in [1.54, 1.807) is 26.0 Å². The minimum Gasteiger partial charge on any atom is -0.449 e. The van der Waals surface area contributed by atoms with Crippen LogP contribution in [0.2, 0.25) is 0 Å². The van der Waals surface area contributed by atoms with Crippen LogP contribution in [0, 0.1) is 19.7 Å². The molecule has 0 saturated heterocycles.